The Morgan fingerprint density at radius 1 is 1.26 bits per heavy atom. The van der Waals surface area contributed by atoms with Crippen molar-refractivity contribution in [3.8, 4) is 0 Å². The molecule has 0 aromatic heterocycles. The van der Waals surface area contributed by atoms with Gasteiger partial charge in [0, 0.05) is 17.6 Å². The molecule has 0 radical (unpaired) electrons. The second-order valence-corrected chi connectivity index (χ2v) is 4.95. The fourth-order valence-corrected chi connectivity index (χ4v) is 2.67. The first-order valence-electron chi connectivity index (χ1n) is 6.42. The summed E-state index contributed by atoms with van der Waals surface area (Å²) in [5.41, 5.74) is -0.136. The van der Waals surface area contributed by atoms with Gasteiger partial charge in [-0.25, -0.2) is 13.2 Å². The van der Waals surface area contributed by atoms with E-state index < -0.39 is 23.4 Å². The third kappa shape index (κ3) is 2.46. The van der Waals surface area contributed by atoms with Gasteiger partial charge in [-0.3, -0.25) is 4.79 Å². The number of likely N-dealkylation sites (tertiary alicyclic amines) is 1. The molecule has 2 rings (SSSR count). The Bertz CT molecular complexity index is 480. The number of nitrogens with zero attached hydrogens (tertiary/aromatic N) is 1. The fourth-order valence-electron chi connectivity index (χ4n) is 2.67. The van der Waals surface area contributed by atoms with Crippen LogP contribution in [-0.4, -0.2) is 22.9 Å². The Labute approximate surface area is 110 Å². The summed E-state index contributed by atoms with van der Waals surface area (Å²) in [6.45, 7) is 3.87. The van der Waals surface area contributed by atoms with Crippen molar-refractivity contribution in [2.75, 3.05) is 0 Å². The van der Waals surface area contributed by atoms with Gasteiger partial charge in [-0.15, -0.1) is 0 Å². The standard InChI is InChI=1S/C14H16F3NO/c1-3-10-5-4-8(2)18(10)14(19)9-6-11(15)13(17)12(16)7-9/h6-8,10H,3-5H2,1-2H3. The summed E-state index contributed by atoms with van der Waals surface area (Å²) >= 11 is 0. The molecular weight excluding hydrogens is 255 g/mol. The van der Waals surface area contributed by atoms with Crippen molar-refractivity contribution in [1.82, 2.24) is 4.90 Å². The van der Waals surface area contributed by atoms with E-state index in [1.165, 1.54) is 0 Å². The Morgan fingerprint density at radius 2 is 1.84 bits per heavy atom. The van der Waals surface area contributed by atoms with Gasteiger partial charge in [-0.1, -0.05) is 6.92 Å². The number of amides is 1. The van der Waals surface area contributed by atoms with E-state index in [9.17, 15) is 18.0 Å². The van der Waals surface area contributed by atoms with Crippen LogP contribution in [0.15, 0.2) is 12.1 Å². The molecule has 1 aliphatic rings. The van der Waals surface area contributed by atoms with Crippen LogP contribution in [0.1, 0.15) is 43.5 Å². The topological polar surface area (TPSA) is 20.3 Å². The minimum atomic E-state index is -1.54. The van der Waals surface area contributed by atoms with Crippen LogP contribution in [0.5, 0.6) is 0 Å². The number of carbonyl (C=O) groups is 1. The molecule has 2 atom stereocenters. The summed E-state index contributed by atoms with van der Waals surface area (Å²) in [5.74, 6) is -4.64. The van der Waals surface area contributed by atoms with E-state index in [1.54, 1.807) is 4.90 Å². The Morgan fingerprint density at radius 3 is 2.37 bits per heavy atom. The maximum absolute atomic E-state index is 13.2. The lowest BCUT2D eigenvalue weighted by Gasteiger charge is -2.28. The molecule has 104 valence electrons. The number of halogens is 3. The van der Waals surface area contributed by atoms with Crippen LogP contribution in [0, 0.1) is 17.5 Å². The lowest BCUT2D eigenvalue weighted by Crippen LogP contribution is -2.39. The van der Waals surface area contributed by atoms with Crippen molar-refractivity contribution in [1.29, 1.82) is 0 Å². The van der Waals surface area contributed by atoms with E-state index in [2.05, 4.69) is 0 Å². The number of benzene rings is 1. The van der Waals surface area contributed by atoms with Crippen LogP contribution >= 0.6 is 0 Å². The highest BCUT2D eigenvalue weighted by molar-refractivity contribution is 5.94. The Kier molecular flexibility index (Phi) is 3.83. The predicted octanol–water partition coefficient (Wildman–Crippen LogP) is 3.51. The molecule has 1 aliphatic heterocycles. The molecule has 0 N–H and O–H groups in total. The molecule has 1 aromatic carbocycles. The first-order valence-corrected chi connectivity index (χ1v) is 6.42. The van der Waals surface area contributed by atoms with Crippen molar-refractivity contribution in [2.45, 2.75) is 45.2 Å². The van der Waals surface area contributed by atoms with Crippen molar-refractivity contribution >= 4 is 5.91 Å². The van der Waals surface area contributed by atoms with Gasteiger partial charge in [0.1, 0.15) is 0 Å². The Hall–Kier alpha value is -1.52. The monoisotopic (exact) mass is 271 g/mol. The van der Waals surface area contributed by atoms with Crippen molar-refractivity contribution in [3.05, 3.63) is 35.1 Å². The highest BCUT2D eigenvalue weighted by Crippen LogP contribution is 2.28. The van der Waals surface area contributed by atoms with Crippen LogP contribution in [0.4, 0.5) is 13.2 Å². The zero-order chi connectivity index (χ0) is 14.2. The molecule has 1 amide bonds. The smallest absolute Gasteiger partial charge is 0.254 e. The number of carbonyl (C=O) groups excluding carboxylic acids is 1. The van der Waals surface area contributed by atoms with E-state index >= 15 is 0 Å². The quantitative estimate of drug-likeness (QED) is 0.754. The van der Waals surface area contributed by atoms with Crippen molar-refractivity contribution in [2.24, 2.45) is 0 Å². The second-order valence-electron chi connectivity index (χ2n) is 4.95. The van der Waals surface area contributed by atoms with Gasteiger partial charge in [0.25, 0.3) is 5.91 Å². The van der Waals surface area contributed by atoms with E-state index in [4.69, 9.17) is 0 Å². The summed E-state index contributed by atoms with van der Waals surface area (Å²) in [6, 6.07) is 1.64. The van der Waals surface area contributed by atoms with Gasteiger partial charge in [-0.2, -0.15) is 0 Å². The average Bonchev–Trinajstić information content (AvgIpc) is 2.75. The third-order valence-corrected chi connectivity index (χ3v) is 3.72. The summed E-state index contributed by atoms with van der Waals surface area (Å²) in [5, 5.41) is 0. The van der Waals surface area contributed by atoms with Gasteiger partial charge in [0.15, 0.2) is 17.5 Å². The molecule has 19 heavy (non-hydrogen) atoms. The first-order chi connectivity index (χ1) is 8.95. The molecule has 0 spiro atoms. The van der Waals surface area contributed by atoms with Gasteiger partial charge < -0.3 is 4.90 Å². The highest BCUT2D eigenvalue weighted by Gasteiger charge is 2.34. The number of rotatable bonds is 2. The van der Waals surface area contributed by atoms with Crippen LogP contribution in [0.25, 0.3) is 0 Å². The largest absolute Gasteiger partial charge is 0.333 e. The lowest BCUT2D eigenvalue weighted by atomic mass is 10.1. The van der Waals surface area contributed by atoms with Crippen molar-refractivity contribution < 1.29 is 18.0 Å². The normalized spacial score (nSPS) is 22.9. The molecule has 2 nitrogen and oxygen atoms in total. The molecule has 1 saturated heterocycles. The number of hydrogen-bond acceptors (Lipinski definition) is 1. The zero-order valence-corrected chi connectivity index (χ0v) is 10.9. The first kappa shape index (κ1) is 13.9. The van der Waals surface area contributed by atoms with Gasteiger partial charge in [-0.05, 0) is 38.3 Å². The average molecular weight is 271 g/mol. The molecule has 1 aromatic rings. The molecular formula is C14H16F3NO. The van der Waals surface area contributed by atoms with E-state index in [0.717, 1.165) is 31.4 Å². The summed E-state index contributed by atoms with van der Waals surface area (Å²) < 4.78 is 39.3. The van der Waals surface area contributed by atoms with Crippen LogP contribution < -0.4 is 0 Å². The Balaban J connectivity index is 2.34. The van der Waals surface area contributed by atoms with E-state index in [-0.39, 0.29) is 17.6 Å². The minimum absolute atomic E-state index is 0.0358. The molecule has 0 saturated carbocycles. The molecule has 2 unspecified atom stereocenters. The maximum Gasteiger partial charge on any atom is 0.254 e. The van der Waals surface area contributed by atoms with Gasteiger partial charge >= 0.3 is 0 Å². The van der Waals surface area contributed by atoms with Crippen LogP contribution in [-0.2, 0) is 0 Å². The third-order valence-electron chi connectivity index (χ3n) is 3.72. The predicted molar refractivity (Wildman–Crippen MR) is 65.3 cm³/mol. The fraction of sp³-hybridized carbons (Fsp3) is 0.500. The van der Waals surface area contributed by atoms with Crippen molar-refractivity contribution in [3.63, 3.8) is 0 Å². The van der Waals surface area contributed by atoms with Gasteiger partial charge in [0.2, 0.25) is 0 Å². The maximum atomic E-state index is 13.2. The number of hydrogen-bond donors (Lipinski definition) is 0. The van der Waals surface area contributed by atoms with Crippen LogP contribution in [0.2, 0.25) is 0 Å². The molecule has 0 bridgehead atoms. The second kappa shape index (κ2) is 5.23. The van der Waals surface area contributed by atoms with Crippen LogP contribution in [0.3, 0.4) is 0 Å². The molecule has 5 heteroatoms. The summed E-state index contributed by atoms with van der Waals surface area (Å²) in [7, 11) is 0. The van der Waals surface area contributed by atoms with Gasteiger partial charge in [0.05, 0.1) is 0 Å². The molecule has 1 fully saturated rings. The summed E-state index contributed by atoms with van der Waals surface area (Å²) in [6.07, 6.45) is 2.55. The summed E-state index contributed by atoms with van der Waals surface area (Å²) in [4.78, 5) is 14.0. The molecule has 0 aliphatic carbocycles. The highest BCUT2D eigenvalue weighted by atomic mass is 19.2. The SMILES string of the molecule is CCC1CCC(C)N1C(=O)c1cc(F)c(F)c(F)c1. The minimum Gasteiger partial charge on any atom is -0.333 e. The van der Waals surface area contributed by atoms with E-state index in [1.807, 2.05) is 13.8 Å². The van der Waals surface area contributed by atoms with E-state index in [0.29, 0.717) is 0 Å². The zero-order valence-electron chi connectivity index (χ0n) is 10.9. The lowest BCUT2D eigenvalue weighted by molar-refractivity contribution is 0.0675. The molecule has 1 heterocycles.